The normalized spacial score (nSPS) is 11.5. The standard InChI is InChI=1S/C11H12ClN3O2S/c1-8-11(7-15(2)13-8)14-18(16,17)10-5-3-9(12)4-6-10/h3-7,14H,1-2H3. The van der Waals surface area contributed by atoms with Crippen LogP contribution in [0.5, 0.6) is 0 Å². The Kier molecular flexibility index (Phi) is 3.32. The topological polar surface area (TPSA) is 64.0 Å². The lowest BCUT2D eigenvalue weighted by atomic mass is 10.4. The zero-order valence-electron chi connectivity index (χ0n) is 9.88. The summed E-state index contributed by atoms with van der Waals surface area (Å²) in [5.74, 6) is 0. The Labute approximate surface area is 110 Å². The molecule has 0 atom stereocenters. The predicted octanol–water partition coefficient (Wildman–Crippen LogP) is 2.18. The molecule has 0 aliphatic rings. The lowest BCUT2D eigenvalue weighted by Gasteiger charge is -2.06. The molecule has 1 aromatic carbocycles. The maximum absolute atomic E-state index is 12.1. The third-order valence-corrected chi connectivity index (χ3v) is 4.02. The Hall–Kier alpha value is -1.53. The van der Waals surface area contributed by atoms with Gasteiger partial charge in [0.2, 0.25) is 0 Å². The second kappa shape index (κ2) is 4.62. The fourth-order valence-electron chi connectivity index (χ4n) is 1.52. The van der Waals surface area contributed by atoms with E-state index in [2.05, 4.69) is 9.82 Å². The van der Waals surface area contributed by atoms with Crippen LogP contribution >= 0.6 is 11.6 Å². The summed E-state index contributed by atoms with van der Waals surface area (Å²) < 4.78 is 28.2. The number of aryl methyl sites for hydroxylation is 2. The molecule has 1 aromatic heterocycles. The fraction of sp³-hybridized carbons (Fsp3) is 0.182. The number of nitrogens with one attached hydrogen (secondary N) is 1. The summed E-state index contributed by atoms with van der Waals surface area (Å²) in [6, 6.07) is 5.98. The number of halogens is 1. The van der Waals surface area contributed by atoms with E-state index in [9.17, 15) is 8.42 Å². The number of benzene rings is 1. The van der Waals surface area contributed by atoms with E-state index in [0.29, 0.717) is 16.4 Å². The first-order chi connectivity index (χ1) is 8.38. The summed E-state index contributed by atoms with van der Waals surface area (Å²) >= 11 is 5.72. The van der Waals surface area contributed by atoms with Gasteiger partial charge in [-0.25, -0.2) is 8.42 Å². The SMILES string of the molecule is Cc1nn(C)cc1NS(=O)(=O)c1ccc(Cl)cc1. The Morgan fingerprint density at radius 1 is 1.28 bits per heavy atom. The van der Waals surface area contributed by atoms with Gasteiger partial charge < -0.3 is 0 Å². The Morgan fingerprint density at radius 3 is 2.39 bits per heavy atom. The third kappa shape index (κ3) is 2.65. The predicted molar refractivity (Wildman–Crippen MR) is 70.2 cm³/mol. The highest BCUT2D eigenvalue weighted by Crippen LogP contribution is 2.19. The first-order valence-corrected chi connectivity index (χ1v) is 7.03. The lowest BCUT2D eigenvalue weighted by molar-refractivity contribution is 0.601. The van der Waals surface area contributed by atoms with Gasteiger partial charge >= 0.3 is 0 Å². The second-order valence-electron chi connectivity index (χ2n) is 3.86. The van der Waals surface area contributed by atoms with E-state index in [-0.39, 0.29) is 4.90 Å². The van der Waals surface area contributed by atoms with Crippen molar-refractivity contribution in [1.29, 1.82) is 0 Å². The fourth-order valence-corrected chi connectivity index (χ4v) is 2.75. The summed E-state index contributed by atoms with van der Waals surface area (Å²) in [5.41, 5.74) is 1.09. The van der Waals surface area contributed by atoms with Gasteiger partial charge in [0.05, 0.1) is 16.3 Å². The van der Waals surface area contributed by atoms with Crippen molar-refractivity contribution >= 4 is 27.3 Å². The number of aromatic nitrogens is 2. The van der Waals surface area contributed by atoms with E-state index in [0.717, 1.165) is 0 Å². The van der Waals surface area contributed by atoms with E-state index >= 15 is 0 Å². The summed E-state index contributed by atoms with van der Waals surface area (Å²) in [4.78, 5) is 0.162. The number of anilines is 1. The van der Waals surface area contributed by atoms with Gasteiger partial charge in [-0.15, -0.1) is 0 Å². The average molecular weight is 286 g/mol. The van der Waals surface area contributed by atoms with Gasteiger partial charge in [0, 0.05) is 18.3 Å². The number of nitrogens with zero attached hydrogens (tertiary/aromatic N) is 2. The summed E-state index contributed by atoms with van der Waals surface area (Å²) in [6.45, 7) is 1.74. The molecule has 0 saturated carbocycles. The monoisotopic (exact) mass is 285 g/mol. The van der Waals surface area contributed by atoms with Crippen LogP contribution in [-0.4, -0.2) is 18.2 Å². The molecule has 0 bridgehead atoms. The van der Waals surface area contributed by atoms with E-state index in [4.69, 9.17) is 11.6 Å². The molecule has 0 fully saturated rings. The van der Waals surface area contributed by atoms with E-state index in [1.165, 1.54) is 24.3 Å². The minimum Gasteiger partial charge on any atom is -0.276 e. The van der Waals surface area contributed by atoms with Gasteiger partial charge in [-0.1, -0.05) is 11.6 Å². The highest BCUT2D eigenvalue weighted by molar-refractivity contribution is 7.92. The van der Waals surface area contributed by atoms with Crippen LogP contribution in [0.25, 0.3) is 0 Å². The molecule has 1 N–H and O–H groups in total. The molecule has 96 valence electrons. The second-order valence-corrected chi connectivity index (χ2v) is 5.98. The van der Waals surface area contributed by atoms with Crippen molar-refractivity contribution in [2.75, 3.05) is 4.72 Å². The van der Waals surface area contributed by atoms with Gasteiger partial charge in [0.15, 0.2) is 0 Å². The molecule has 0 unspecified atom stereocenters. The highest BCUT2D eigenvalue weighted by atomic mass is 35.5. The summed E-state index contributed by atoms with van der Waals surface area (Å²) in [6.07, 6.45) is 1.61. The van der Waals surface area contributed by atoms with Crippen molar-refractivity contribution in [3.05, 3.63) is 41.2 Å². The zero-order valence-corrected chi connectivity index (χ0v) is 11.5. The molecule has 5 nitrogen and oxygen atoms in total. The van der Waals surface area contributed by atoms with Crippen LogP contribution < -0.4 is 4.72 Å². The van der Waals surface area contributed by atoms with E-state index in [1.54, 1.807) is 24.9 Å². The van der Waals surface area contributed by atoms with Crippen LogP contribution in [-0.2, 0) is 17.1 Å². The number of hydrogen-bond acceptors (Lipinski definition) is 3. The zero-order chi connectivity index (χ0) is 13.3. The first kappa shape index (κ1) is 12.9. The molecule has 18 heavy (non-hydrogen) atoms. The molecule has 2 rings (SSSR count). The van der Waals surface area contributed by atoms with Crippen molar-refractivity contribution in [1.82, 2.24) is 9.78 Å². The van der Waals surface area contributed by atoms with Gasteiger partial charge in [-0.3, -0.25) is 9.40 Å². The Balaban J connectivity index is 2.33. The van der Waals surface area contributed by atoms with Gasteiger partial charge in [-0.2, -0.15) is 5.10 Å². The molecule has 7 heteroatoms. The molecular formula is C11H12ClN3O2S. The number of rotatable bonds is 3. The van der Waals surface area contributed by atoms with Crippen molar-refractivity contribution in [3.63, 3.8) is 0 Å². The molecule has 0 spiro atoms. The third-order valence-electron chi connectivity index (χ3n) is 2.38. The first-order valence-electron chi connectivity index (χ1n) is 5.17. The highest BCUT2D eigenvalue weighted by Gasteiger charge is 2.16. The van der Waals surface area contributed by atoms with Crippen LogP contribution in [0.1, 0.15) is 5.69 Å². The van der Waals surface area contributed by atoms with Crippen molar-refractivity contribution in [3.8, 4) is 0 Å². The lowest BCUT2D eigenvalue weighted by Crippen LogP contribution is -2.13. The van der Waals surface area contributed by atoms with Crippen LogP contribution in [0.4, 0.5) is 5.69 Å². The number of hydrogen-bond donors (Lipinski definition) is 1. The molecular weight excluding hydrogens is 274 g/mol. The molecule has 0 radical (unpaired) electrons. The molecule has 0 saturated heterocycles. The van der Waals surface area contributed by atoms with Crippen LogP contribution in [0.3, 0.4) is 0 Å². The maximum Gasteiger partial charge on any atom is 0.262 e. The quantitative estimate of drug-likeness (QED) is 0.940. The van der Waals surface area contributed by atoms with Crippen LogP contribution in [0.2, 0.25) is 5.02 Å². The van der Waals surface area contributed by atoms with Crippen LogP contribution in [0, 0.1) is 6.92 Å². The Morgan fingerprint density at radius 2 is 1.89 bits per heavy atom. The van der Waals surface area contributed by atoms with Crippen molar-refractivity contribution in [2.45, 2.75) is 11.8 Å². The van der Waals surface area contributed by atoms with Gasteiger partial charge in [0.1, 0.15) is 0 Å². The largest absolute Gasteiger partial charge is 0.276 e. The molecule has 0 amide bonds. The molecule has 0 aliphatic heterocycles. The molecule has 1 heterocycles. The van der Waals surface area contributed by atoms with Gasteiger partial charge in [0.25, 0.3) is 10.0 Å². The molecule has 0 aliphatic carbocycles. The van der Waals surface area contributed by atoms with E-state index < -0.39 is 10.0 Å². The smallest absolute Gasteiger partial charge is 0.262 e. The van der Waals surface area contributed by atoms with Crippen LogP contribution in [0.15, 0.2) is 35.4 Å². The van der Waals surface area contributed by atoms with E-state index in [1.807, 2.05) is 0 Å². The summed E-state index contributed by atoms with van der Waals surface area (Å²) in [5, 5.41) is 4.56. The minimum absolute atomic E-state index is 0.162. The summed E-state index contributed by atoms with van der Waals surface area (Å²) in [7, 11) is -1.87. The molecule has 2 aromatic rings. The maximum atomic E-state index is 12.1. The Bertz CT molecular complexity index is 662. The number of sulfonamides is 1. The van der Waals surface area contributed by atoms with Crippen molar-refractivity contribution in [2.24, 2.45) is 7.05 Å². The van der Waals surface area contributed by atoms with Gasteiger partial charge in [-0.05, 0) is 31.2 Å². The average Bonchev–Trinajstić information content (AvgIpc) is 2.57. The van der Waals surface area contributed by atoms with Crippen molar-refractivity contribution < 1.29 is 8.42 Å². The minimum atomic E-state index is -3.60.